The molecule has 1 aromatic rings. The van der Waals surface area contributed by atoms with Gasteiger partial charge in [-0.2, -0.15) is 0 Å². The molecule has 1 aliphatic rings. The molecule has 2 unspecified atom stereocenters. The molecule has 0 amide bonds. The summed E-state index contributed by atoms with van der Waals surface area (Å²) in [6.45, 7) is 6.81. The molecule has 0 bridgehead atoms. The topological polar surface area (TPSA) is 38.5 Å². The van der Waals surface area contributed by atoms with E-state index in [1.165, 1.54) is 6.07 Å². The Morgan fingerprint density at radius 3 is 2.90 bits per heavy atom. The number of benzene rings is 1. The van der Waals surface area contributed by atoms with Gasteiger partial charge in [-0.25, -0.2) is 4.39 Å². The zero-order chi connectivity index (χ0) is 14.7. The first-order valence-corrected chi connectivity index (χ1v) is 7.40. The van der Waals surface area contributed by atoms with Crippen LogP contribution in [0.1, 0.15) is 19.4 Å². The maximum atomic E-state index is 13.4. The summed E-state index contributed by atoms with van der Waals surface area (Å²) in [5.41, 5.74) is 7.08. The van der Waals surface area contributed by atoms with Crippen molar-refractivity contribution < 1.29 is 9.13 Å². The maximum Gasteiger partial charge on any atom is 0.142 e. The Kier molecular flexibility index (Phi) is 5.38. The minimum Gasteiger partial charge on any atom is -0.374 e. The molecule has 20 heavy (non-hydrogen) atoms. The molecule has 2 N–H and O–H groups in total. The van der Waals surface area contributed by atoms with Crippen molar-refractivity contribution in [1.82, 2.24) is 4.90 Å². The molecule has 5 heteroatoms. The second-order valence-corrected chi connectivity index (χ2v) is 6.02. The van der Waals surface area contributed by atoms with Crippen LogP contribution in [0.15, 0.2) is 18.2 Å². The Morgan fingerprint density at radius 1 is 1.50 bits per heavy atom. The van der Waals surface area contributed by atoms with E-state index < -0.39 is 5.82 Å². The molecule has 0 saturated carbocycles. The molecular formula is C15H22ClFN2O. The number of ether oxygens (including phenoxy) is 1. The van der Waals surface area contributed by atoms with Gasteiger partial charge < -0.3 is 10.5 Å². The van der Waals surface area contributed by atoms with Gasteiger partial charge in [-0.3, -0.25) is 4.90 Å². The Balaban J connectivity index is 1.96. The van der Waals surface area contributed by atoms with Crippen molar-refractivity contribution in [2.45, 2.75) is 38.5 Å². The smallest absolute Gasteiger partial charge is 0.142 e. The third-order valence-electron chi connectivity index (χ3n) is 3.79. The number of hydrogen-bond acceptors (Lipinski definition) is 3. The van der Waals surface area contributed by atoms with Gasteiger partial charge in [0.2, 0.25) is 0 Å². The third-order valence-corrected chi connectivity index (χ3v) is 4.09. The summed E-state index contributed by atoms with van der Waals surface area (Å²) in [6.07, 6.45) is 0.579. The van der Waals surface area contributed by atoms with Crippen LogP contribution in [0.3, 0.4) is 0 Å². The van der Waals surface area contributed by atoms with Crippen LogP contribution in [0, 0.1) is 5.82 Å². The standard InChI is InChI=1S/C15H22ClFN2O/c1-10(2)19-5-6-20-15(9-19)14(18)8-11-3-4-12(16)13(17)7-11/h3-4,7,10,14-15H,5-6,8-9,18H2,1-2H3. The summed E-state index contributed by atoms with van der Waals surface area (Å²) in [4.78, 5) is 2.36. The van der Waals surface area contributed by atoms with Crippen molar-refractivity contribution in [2.75, 3.05) is 19.7 Å². The van der Waals surface area contributed by atoms with Gasteiger partial charge in [0.25, 0.3) is 0 Å². The van der Waals surface area contributed by atoms with E-state index in [0.29, 0.717) is 19.1 Å². The minimum atomic E-state index is -0.398. The molecule has 2 rings (SSSR count). The molecule has 0 spiro atoms. The van der Waals surface area contributed by atoms with Crippen LogP contribution in [-0.4, -0.2) is 42.8 Å². The van der Waals surface area contributed by atoms with Crippen molar-refractivity contribution in [2.24, 2.45) is 5.73 Å². The maximum absolute atomic E-state index is 13.4. The predicted octanol–water partition coefficient (Wildman–Crippen LogP) is 2.46. The highest BCUT2D eigenvalue weighted by Crippen LogP contribution is 2.18. The number of nitrogens with two attached hydrogens (primary N) is 1. The Labute approximate surface area is 124 Å². The molecule has 1 saturated heterocycles. The number of rotatable bonds is 4. The summed E-state index contributed by atoms with van der Waals surface area (Å²) < 4.78 is 19.2. The monoisotopic (exact) mass is 300 g/mol. The fraction of sp³-hybridized carbons (Fsp3) is 0.600. The molecule has 0 aliphatic carbocycles. The van der Waals surface area contributed by atoms with Gasteiger partial charge in [0.05, 0.1) is 17.7 Å². The molecule has 1 aliphatic heterocycles. The van der Waals surface area contributed by atoms with E-state index in [4.69, 9.17) is 22.1 Å². The summed E-state index contributed by atoms with van der Waals surface area (Å²) in [5, 5.41) is 0.141. The van der Waals surface area contributed by atoms with Crippen molar-refractivity contribution in [1.29, 1.82) is 0 Å². The minimum absolute atomic E-state index is 0.00936. The van der Waals surface area contributed by atoms with Crippen LogP contribution < -0.4 is 5.73 Å². The third kappa shape index (κ3) is 3.92. The molecule has 2 atom stereocenters. The van der Waals surface area contributed by atoms with E-state index in [1.807, 2.05) is 6.07 Å². The van der Waals surface area contributed by atoms with Gasteiger partial charge in [0.1, 0.15) is 5.82 Å². The average Bonchev–Trinajstić information content (AvgIpc) is 2.43. The van der Waals surface area contributed by atoms with Crippen LogP contribution in [0.25, 0.3) is 0 Å². The quantitative estimate of drug-likeness (QED) is 0.928. The lowest BCUT2D eigenvalue weighted by molar-refractivity contribution is -0.0495. The highest BCUT2D eigenvalue weighted by atomic mass is 35.5. The van der Waals surface area contributed by atoms with Crippen molar-refractivity contribution in [3.05, 3.63) is 34.6 Å². The second-order valence-electron chi connectivity index (χ2n) is 5.61. The number of morpholine rings is 1. The first-order chi connectivity index (χ1) is 9.47. The van der Waals surface area contributed by atoms with E-state index in [1.54, 1.807) is 6.07 Å². The number of nitrogens with zero attached hydrogens (tertiary/aromatic N) is 1. The Hall–Kier alpha value is -0.680. The van der Waals surface area contributed by atoms with Gasteiger partial charge in [0, 0.05) is 25.2 Å². The fourth-order valence-corrected chi connectivity index (χ4v) is 2.61. The van der Waals surface area contributed by atoms with Crippen LogP contribution in [0.4, 0.5) is 4.39 Å². The van der Waals surface area contributed by atoms with Gasteiger partial charge in [-0.05, 0) is 38.0 Å². The summed E-state index contributed by atoms with van der Waals surface area (Å²) in [7, 11) is 0. The lowest BCUT2D eigenvalue weighted by Crippen LogP contribution is -2.53. The SMILES string of the molecule is CC(C)N1CCOC(C(N)Cc2ccc(Cl)c(F)c2)C1. The normalized spacial score (nSPS) is 22.2. The summed E-state index contributed by atoms with van der Waals surface area (Å²) in [5.74, 6) is -0.398. The predicted molar refractivity (Wildman–Crippen MR) is 79.5 cm³/mol. The highest BCUT2D eigenvalue weighted by molar-refractivity contribution is 6.30. The summed E-state index contributed by atoms with van der Waals surface area (Å²) in [6, 6.07) is 5.18. The Morgan fingerprint density at radius 2 is 2.25 bits per heavy atom. The molecule has 3 nitrogen and oxygen atoms in total. The highest BCUT2D eigenvalue weighted by Gasteiger charge is 2.27. The second kappa shape index (κ2) is 6.85. The van der Waals surface area contributed by atoms with E-state index >= 15 is 0 Å². The average molecular weight is 301 g/mol. The molecule has 0 aromatic heterocycles. The first kappa shape index (κ1) is 15.7. The van der Waals surface area contributed by atoms with Crippen LogP contribution >= 0.6 is 11.6 Å². The van der Waals surface area contributed by atoms with Gasteiger partial charge in [-0.1, -0.05) is 17.7 Å². The molecule has 1 heterocycles. The number of halogens is 2. The van der Waals surface area contributed by atoms with Crippen molar-refractivity contribution in [3.63, 3.8) is 0 Å². The molecule has 1 fully saturated rings. The van der Waals surface area contributed by atoms with Crippen molar-refractivity contribution in [3.8, 4) is 0 Å². The number of hydrogen-bond donors (Lipinski definition) is 1. The van der Waals surface area contributed by atoms with Crippen LogP contribution in [0.2, 0.25) is 5.02 Å². The first-order valence-electron chi connectivity index (χ1n) is 7.02. The molecule has 0 radical (unpaired) electrons. The van der Waals surface area contributed by atoms with Crippen LogP contribution in [-0.2, 0) is 11.2 Å². The van der Waals surface area contributed by atoms with Gasteiger partial charge >= 0.3 is 0 Å². The zero-order valence-corrected chi connectivity index (χ0v) is 12.7. The van der Waals surface area contributed by atoms with E-state index in [9.17, 15) is 4.39 Å². The lowest BCUT2D eigenvalue weighted by Gasteiger charge is -2.38. The van der Waals surface area contributed by atoms with Gasteiger partial charge in [-0.15, -0.1) is 0 Å². The molecule has 112 valence electrons. The molecular weight excluding hydrogens is 279 g/mol. The van der Waals surface area contributed by atoms with Crippen molar-refractivity contribution >= 4 is 11.6 Å². The van der Waals surface area contributed by atoms with Gasteiger partial charge in [0.15, 0.2) is 0 Å². The van der Waals surface area contributed by atoms with E-state index in [-0.39, 0.29) is 17.2 Å². The van der Waals surface area contributed by atoms with E-state index in [0.717, 1.165) is 18.7 Å². The Bertz CT molecular complexity index is 455. The van der Waals surface area contributed by atoms with E-state index in [2.05, 4.69) is 18.7 Å². The fourth-order valence-electron chi connectivity index (χ4n) is 2.49. The summed E-state index contributed by atoms with van der Waals surface area (Å²) >= 11 is 5.68. The molecule has 1 aromatic carbocycles. The largest absolute Gasteiger partial charge is 0.374 e. The van der Waals surface area contributed by atoms with Crippen LogP contribution in [0.5, 0.6) is 0 Å². The zero-order valence-electron chi connectivity index (χ0n) is 12.0. The lowest BCUT2D eigenvalue weighted by atomic mass is 10.0.